The van der Waals surface area contributed by atoms with Crippen molar-refractivity contribution in [1.82, 2.24) is 0 Å². The van der Waals surface area contributed by atoms with E-state index in [1.54, 1.807) is 12.2 Å². The summed E-state index contributed by atoms with van der Waals surface area (Å²) in [6, 6.07) is 0. The van der Waals surface area contributed by atoms with Crippen molar-refractivity contribution in [3.05, 3.63) is 24.3 Å². The van der Waals surface area contributed by atoms with Crippen LogP contribution in [0.3, 0.4) is 0 Å². The lowest BCUT2D eigenvalue weighted by Crippen LogP contribution is -2.34. The molecule has 3 heteroatoms. The number of aliphatic hydroxyl groups is 1. The molecule has 0 aliphatic carbocycles. The highest BCUT2D eigenvalue weighted by Crippen LogP contribution is 2.13. The summed E-state index contributed by atoms with van der Waals surface area (Å²) in [6.45, 7) is 4.59. The third-order valence-electron chi connectivity index (χ3n) is 2.26. The van der Waals surface area contributed by atoms with Gasteiger partial charge in [0.05, 0.1) is 18.8 Å². The minimum Gasteiger partial charge on any atom is -0.386 e. The van der Waals surface area contributed by atoms with Gasteiger partial charge < -0.3 is 14.6 Å². The molecule has 1 aliphatic rings. The van der Waals surface area contributed by atoms with Crippen molar-refractivity contribution >= 4 is 0 Å². The monoisotopic (exact) mass is 212 g/mol. The summed E-state index contributed by atoms with van der Waals surface area (Å²) < 4.78 is 10.9. The van der Waals surface area contributed by atoms with E-state index in [-0.39, 0.29) is 12.4 Å². The summed E-state index contributed by atoms with van der Waals surface area (Å²) in [5, 5.41) is 9.36. The molecule has 0 aromatic carbocycles. The Labute approximate surface area is 91.4 Å². The number of rotatable bonds is 5. The highest BCUT2D eigenvalue weighted by Gasteiger charge is 2.21. The molecule has 0 fully saturated rings. The second kappa shape index (κ2) is 6.77. The summed E-state index contributed by atoms with van der Waals surface area (Å²) >= 11 is 0. The van der Waals surface area contributed by atoms with Crippen molar-refractivity contribution in [2.24, 2.45) is 0 Å². The van der Waals surface area contributed by atoms with Gasteiger partial charge >= 0.3 is 0 Å². The van der Waals surface area contributed by atoms with Crippen LogP contribution < -0.4 is 0 Å². The van der Waals surface area contributed by atoms with E-state index >= 15 is 0 Å². The predicted octanol–water partition coefficient (Wildman–Crippen LogP) is 2.02. The van der Waals surface area contributed by atoms with E-state index in [2.05, 4.69) is 19.1 Å². The highest BCUT2D eigenvalue weighted by molar-refractivity contribution is 4.98. The maximum Gasteiger partial charge on any atom is 0.177 e. The molecule has 0 bridgehead atoms. The maximum absolute atomic E-state index is 9.36. The Morgan fingerprint density at radius 2 is 2.20 bits per heavy atom. The number of hydrogen-bond donors (Lipinski definition) is 1. The van der Waals surface area contributed by atoms with Crippen LogP contribution in [0.25, 0.3) is 0 Å². The largest absolute Gasteiger partial charge is 0.386 e. The van der Waals surface area contributed by atoms with Crippen LogP contribution in [0.5, 0.6) is 0 Å². The molecule has 1 unspecified atom stereocenters. The fraction of sp³-hybridized carbons (Fsp3) is 0.667. The quantitative estimate of drug-likeness (QED) is 0.559. The van der Waals surface area contributed by atoms with Gasteiger partial charge in [0.25, 0.3) is 0 Å². The molecular formula is C12H20O3. The number of ether oxygens (including phenoxy) is 2. The zero-order chi connectivity index (χ0) is 11.1. The van der Waals surface area contributed by atoms with Crippen LogP contribution in [0.4, 0.5) is 0 Å². The molecular weight excluding hydrogens is 192 g/mol. The fourth-order valence-corrected chi connectivity index (χ4v) is 1.33. The predicted molar refractivity (Wildman–Crippen MR) is 59.5 cm³/mol. The van der Waals surface area contributed by atoms with Crippen molar-refractivity contribution in [3.8, 4) is 0 Å². The van der Waals surface area contributed by atoms with Gasteiger partial charge in [0.15, 0.2) is 6.29 Å². The normalized spacial score (nSPS) is 31.3. The Morgan fingerprint density at radius 3 is 2.87 bits per heavy atom. The molecule has 0 amide bonds. The van der Waals surface area contributed by atoms with Gasteiger partial charge in [-0.1, -0.05) is 25.2 Å². The summed E-state index contributed by atoms with van der Waals surface area (Å²) in [4.78, 5) is 0. The maximum atomic E-state index is 9.36. The van der Waals surface area contributed by atoms with Crippen LogP contribution in [0, 0.1) is 0 Å². The minimum atomic E-state index is -0.509. The van der Waals surface area contributed by atoms with Gasteiger partial charge in [0.1, 0.15) is 0 Å². The zero-order valence-corrected chi connectivity index (χ0v) is 9.43. The third-order valence-corrected chi connectivity index (χ3v) is 2.26. The van der Waals surface area contributed by atoms with E-state index in [1.807, 2.05) is 6.92 Å². The van der Waals surface area contributed by atoms with Crippen molar-refractivity contribution in [1.29, 1.82) is 0 Å². The Hall–Kier alpha value is -0.640. The van der Waals surface area contributed by atoms with Crippen molar-refractivity contribution in [2.45, 2.75) is 45.2 Å². The van der Waals surface area contributed by atoms with Crippen LogP contribution in [-0.4, -0.2) is 30.2 Å². The lowest BCUT2D eigenvalue weighted by Gasteiger charge is -2.26. The number of aliphatic hydroxyl groups excluding tert-OH is 1. The zero-order valence-electron chi connectivity index (χ0n) is 9.43. The standard InChI is InChI=1S/C12H20O3/c1-3-4-5-6-9-14-12-8-7-11(13)10(2)15-12/h4-5,7-8,10-13H,3,6,9H2,1-2H3/b5-4-/t10-,11+,12?/m0/s1. The van der Waals surface area contributed by atoms with Crippen molar-refractivity contribution < 1.29 is 14.6 Å². The first-order valence-electron chi connectivity index (χ1n) is 5.52. The van der Waals surface area contributed by atoms with Crippen molar-refractivity contribution in [2.75, 3.05) is 6.61 Å². The Morgan fingerprint density at radius 1 is 1.40 bits per heavy atom. The van der Waals surface area contributed by atoms with Gasteiger partial charge in [-0.2, -0.15) is 0 Å². The van der Waals surface area contributed by atoms with Gasteiger partial charge in [-0.3, -0.25) is 0 Å². The highest BCUT2D eigenvalue weighted by atomic mass is 16.7. The molecule has 3 atom stereocenters. The molecule has 1 N–H and O–H groups in total. The summed E-state index contributed by atoms with van der Waals surface area (Å²) in [6.07, 6.45) is 8.66. The van der Waals surface area contributed by atoms with E-state index in [4.69, 9.17) is 9.47 Å². The third kappa shape index (κ3) is 4.60. The van der Waals surface area contributed by atoms with Crippen LogP contribution in [-0.2, 0) is 9.47 Å². The van der Waals surface area contributed by atoms with E-state index < -0.39 is 6.10 Å². The van der Waals surface area contributed by atoms with Crippen LogP contribution in [0.1, 0.15) is 26.7 Å². The van der Waals surface area contributed by atoms with E-state index in [1.165, 1.54) is 0 Å². The van der Waals surface area contributed by atoms with Crippen LogP contribution in [0.15, 0.2) is 24.3 Å². The Balaban J connectivity index is 2.17. The van der Waals surface area contributed by atoms with Gasteiger partial charge in [0, 0.05) is 0 Å². The molecule has 1 aliphatic heterocycles. The van der Waals surface area contributed by atoms with E-state index in [9.17, 15) is 5.11 Å². The Bertz CT molecular complexity index is 223. The molecule has 86 valence electrons. The summed E-state index contributed by atoms with van der Waals surface area (Å²) in [5.41, 5.74) is 0. The molecule has 0 aromatic rings. The number of hydrogen-bond acceptors (Lipinski definition) is 3. The second-order valence-electron chi connectivity index (χ2n) is 3.62. The molecule has 0 saturated carbocycles. The average Bonchev–Trinajstić information content (AvgIpc) is 2.23. The smallest absolute Gasteiger partial charge is 0.177 e. The van der Waals surface area contributed by atoms with Crippen molar-refractivity contribution in [3.63, 3.8) is 0 Å². The van der Waals surface area contributed by atoms with Crippen LogP contribution >= 0.6 is 0 Å². The summed E-state index contributed by atoms with van der Waals surface area (Å²) in [7, 11) is 0. The molecule has 1 rings (SSSR count). The van der Waals surface area contributed by atoms with Gasteiger partial charge in [-0.25, -0.2) is 0 Å². The molecule has 0 spiro atoms. The van der Waals surface area contributed by atoms with Crippen LogP contribution in [0.2, 0.25) is 0 Å². The first-order chi connectivity index (χ1) is 7.24. The summed E-state index contributed by atoms with van der Waals surface area (Å²) in [5.74, 6) is 0. The SMILES string of the molecule is CC/C=C\CCOC1C=C[C@@H](O)[C@H](C)O1. The topological polar surface area (TPSA) is 38.7 Å². The Kier molecular flexibility index (Phi) is 5.61. The molecule has 3 nitrogen and oxygen atoms in total. The van der Waals surface area contributed by atoms with Gasteiger partial charge in [0.2, 0.25) is 0 Å². The molecule has 0 aromatic heterocycles. The molecule has 15 heavy (non-hydrogen) atoms. The molecule has 0 saturated heterocycles. The molecule has 0 radical (unpaired) electrons. The first kappa shape index (κ1) is 12.4. The van der Waals surface area contributed by atoms with Gasteiger partial charge in [-0.05, 0) is 25.8 Å². The average molecular weight is 212 g/mol. The molecule has 1 heterocycles. The minimum absolute atomic E-state index is 0.189. The number of allylic oxidation sites excluding steroid dienone is 1. The first-order valence-corrected chi connectivity index (χ1v) is 5.52. The second-order valence-corrected chi connectivity index (χ2v) is 3.62. The van der Waals surface area contributed by atoms with E-state index in [0.29, 0.717) is 6.61 Å². The van der Waals surface area contributed by atoms with Gasteiger partial charge in [-0.15, -0.1) is 0 Å². The lowest BCUT2D eigenvalue weighted by molar-refractivity contribution is -0.164. The lowest BCUT2D eigenvalue weighted by atomic mass is 10.2. The van der Waals surface area contributed by atoms with E-state index in [0.717, 1.165) is 12.8 Å². The fourth-order valence-electron chi connectivity index (χ4n) is 1.33.